The van der Waals surface area contributed by atoms with E-state index in [1.54, 1.807) is 18.5 Å². The minimum atomic E-state index is -0.415. The summed E-state index contributed by atoms with van der Waals surface area (Å²) in [4.78, 5) is 1.81. The van der Waals surface area contributed by atoms with E-state index in [4.69, 9.17) is 5.11 Å². The third-order valence-corrected chi connectivity index (χ3v) is 2.46. The molecule has 4 heteroatoms. The largest absolute Gasteiger partial charge is 0.508 e. The predicted molar refractivity (Wildman–Crippen MR) is 56.9 cm³/mol. The van der Waals surface area contributed by atoms with E-state index >= 15 is 0 Å². The van der Waals surface area contributed by atoms with Crippen molar-refractivity contribution < 1.29 is 9.50 Å². The Morgan fingerprint density at radius 2 is 2.33 bits per heavy atom. The van der Waals surface area contributed by atoms with Crippen LogP contribution in [0.3, 0.4) is 0 Å². The quantitative estimate of drug-likeness (QED) is 0.781. The van der Waals surface area contributed by atoms with Crippen LogP contribution in [0.4, 0.5) is 10.1 Å². The molecule has 80 valence electrons. The third-order valence-electron chi connectivity index (χ3n) is 2.46. The van der Waals surface area contributed by atoms with Gasteiger partial charge in [0, 0.05) is 18.5 Å². The fraction of sp³-hybridized carbons (Fsp3) is 0.273. The molecule has 1 aromatic rings. The van der Waals surface area contributed by atoms with Crippen LogP contribution in [-0.4, -0.2) is 11.3 Å². The number of rotatable bonds is 2. The van der Waals surface area contributed by atoms with Crippen molar-refractivity contribution in [1.29, 1.82) is 0 Å². The molecule has 1 aromatic carbocycles. The number of phenols is 1. The molecule has 0 bridgehead atoms. The van der Waals surface area contributed by atoms with Gasteiger partial charge < -0.3 is 15.3 Å². The van der Waals surface area contributed by atoms with Crippen LogP contribution in [0.15, 0.2) is 30.6 Å². The van der Waals surface area contributed by atoms with E-state index < -0.39 is 5.82 Å². The Labute approximate surface area is 87.8 Å². The molecule has 0 saturated heterocycles. The summed E-state index contributed by atoms with van der Waals surface area (Å²) < 4.78 is 13.5. The highest BCUT2D eigenvalue weighted by Crippen LogP contribution is 2.26. The standard InChI is InChI=1S/C11H13FN2O/c1-2-11-13-5-6-14(11)10-4-3-8(15)7-9(10)12/h3-7,11,13,15H,2H2,1H3. The van der Waals surface area contributed by atoms with Gasteiger partial charge in [0.05, 0.1) is 5.69 Å². The van der Waals surface area contributed by atoms with Gasteiger partial charge in [-0.25, -0.2) is 4.39 Å². The molecule has 1 unspecified atom stereocenters. The zero-order valence-corrected chi connectivity index (χ0v) is 8.44. The summed E-state index contributed by atoms with van der Waals surface area (Å²) in [5.41, 5.74) is 0.473. The summed E-state index contributed by atoms with van der Waals surface area (Å²) in [6, 6.07) is 4.18. The molecule has 0 radical (unpaired) electrons. The van der Waals surface area contributed by atoms with Gasteiger partial charge in [-0.3, -0.25) is 0 Å². The van der Waals surface area contributed by atoms with Gasteiger partial charge >= 0.3 is 0 Å². The molecule has 15 heavy (non-hydrogen) atoms. The second kappa shape index (κ2) is 3.81. The maximum absolute atomic E-state index is 13.5. The first-order valence-corrected chi connectivity index (χ1v) is 4.92. The molecule has 1 aliphatic rings. The average Bonchev–Trinajstić information content (AvgIpc) is 2.65. The second-order valence-corrected chi connectivity index (χ2v) is 3.45. The van der Waals surface area contributed by atoms with Crippen LogP contribution in [0.2, 0.25) is 0 Å². The Kier molecular flexibility index (Phi) is 2.49. The Bertz CT molecular complexity index is 392. The fourth-order valence-electron chi connectivity index (χ4n) is 1.69. The molecular formula is C11H13FN2O. The average molecular weight is 208 g/mol. The van der Waals surface area contributed by atoms with E-state index in [2.05, 4.69) is 5.32 Å². The number of nitrogens with one attached hydrogen (secondary N) is 1. The summed E-state index contributed by atoms with van der Waals surface area (Å²) in [7, 11) is 0. The van der Waals surface area contributed by atoms with Crippen LogP contribution >= 0.6 is 0 Å². The summed E-state index contributed by atoms with van der Waals surface area (Å²) in [5.74, 6) is -0.470. The Morgan fingerprint density at radius 3 is 3.00 bits per heavy atom. The normalized spacial score (nSPS) is 19.3. The Balaban J connectivity index is 2.32. The van der Waals surface area contributed by atoms with Gasteiger partial charge in [-0.05, 0) is 18.6 Å². The lowest BCUT2D eigenvalue weighted by atomic mass is 10.2. The van der Waals surface area contributed by atoms with Crippen LogP contribution < -0.4 is 10.2 Å². The molecular weight excluding hydrogens is 195 g/mol. The number of hydrogen-bond donors (Lipinski definition) is 2. The minimum Gasteiger partial charge on any atom is -0.508 e. The molecule has 0 fully saturated rings. The highest BCUT2D eigenvalue weighted by atomic mass is 19.1. The molecule has 2 rings (SSSR count). The number of halogens is 1. The molecule has 0 amide bonds. The topological polar surface area (TPSA) is 35.5 Å². The van der Waals surface area contributed by atoms with Gasteiger partial charge in [-0.2, -0.15) is 0 Å². The van der Waals surface area contributed by atoms with Crippen molar-refractivity contribution in [2.75, 3.05) is 4.90 Å². The lowest BCUT2D eigenvalue weighted by Crippen LogP contribution is -2.34. The van der Waals surface area contributed by atoms with Crippen LogP contribution in [0.25, 0.3) is 0 Å². The number of phenolic OH excluding ortho intramolecular Hbond substituents is 1. The number of nitrogens with zero attached hydrogens (tertiary/aromatic N) is 1. The van der Waals surface area contributed by atoms with Crippen molar-refractivity contribution in [1.82, 2.24) is 5.32 Å². The first-order valence-electron chi connectivity index (χ1n) is 4.92. The van der Waals surface area contributed by atoms with Crippen molar-refractivity contribution >= 4 is 5.69 Å². The van der Waals surface area contributed by atoms with Gasteiger partial charge in [0.1, 0.15) is 11.9 Å². The zero-order chi connectivity index (χ0) is 10.8. The Hall–Kier alpha value is -1.71. The lowest BCUT2D eigenvalue weighted by Gasteiger charge is -2.24. The highest BCUT2D eigenvalue weighted by Gasteiger charge is 2.20. The molecule has 0 aliphatic carbocycles. The molecule has 1 atom stereocenters. The van der Waals surface area contributed by atoms with Crippen LogP contribution in [-0.2, 0) is 0 Å². The van der Waals surface area contributed by atoms with Crippen molar-refractivity contribution in [2.24, 2.45) is 0 Å². The van der Waals surface area contributed by atoms with Crippen LogP contribution in [0.5, 0.6) is 5.75 Å². The number of anilines is 1. The number of aromatic hydroxyl groups is 1. The fourth-order valence-corrected chi connectivity index (χ4v) is 1.69. The van der Waals surface area contributed by atoms with Crippen LogP contribution in [0.1, 0.15) is 13.3 Å². The van der Waals surface area contributed by atoms with E-state index in [9.17, 15) is 4.39 Å². The van der Waals surface area contributed by atoms with Crippen molar-refractivity contribution in [3.8, 4) is 5.75 Å². The van der Waals surface area contributed by atoms with E-state index in [0.29, 0.717) is 5.69 Å². The van der Waals surface area contributed by atoms with Gasteiger partial charge in [0.25, 0.3) is 0 Å². The molecule has 2 N–H and O–H groups in total. The summed E-state index contributed by atoms with van der Waals surface area (Å²) >= 11 is 0. The summed E-state index contributed by atoms with van der Waals surface area (Å²) in [6.07, 6.45) is 4.54. The number of hydrogen-bond acceptors (Lipinski definition) is 3. The SMILES string of the molecule is CCC1NC=CN1c1ccc(O)cc1F. The zero-order valence-electron chi connectivity index (χ0n) is 8.44. The van der Waals surface area contributed by atoms with Gasteiger partial charge in [-0.15, -0.1) is 0 Å². The van der Waals surface area contributed by atoms with Crippen LogP contribution in [0, 0.1) is 5.82 Å². The predicted octanol–water partition coefficient (Wildman–Crippen LogP) is 2.15. The lowest BCUT2D eigenvalue weighted by molar-refractivity contribution is 0.468. The monoisotopic (exact) mass is 208 g/mol. The van der Waals surface area contributed by atoms with Crippen molar-refractivity contribution in [2.45, 2.75) is 19.5 Å². The van der Waals surface area contributed by atoms with Gasteiger partial charge in [0.2, 0.25) is 0 Å². The summed E-state index contributed by atoms with van der Waals surface area (Å²) in [6.45, 7) is 2.02. The second-order valence-electron chi connectivity index (χ2n) is 3.45. The maximum Gasteiger partial charge on any atom is 0.150 e. The molecule has 1 heterocycles. The van der Waals surface area contributed by atoms with E-state index in [0.717, 1.165) is 12.5 Å². The molecule has 0 saturated carbocycles. The number of benzene rings is 1. The molecule has 0 spiro atoms. The maximum atomic E-state index is 13.5. The van der Waals surface area contributed by atoms with Crippen molar-refractivity contribution in [3.63, 3.8) is 0 Å². The van der Waals surface area contributed by atoms with Crippen molar-refractivity contribution in [3.05, 3.63) is 36.4 Å². The smallest absolute Gasteiger partial charge is 0.150 e. The molecule has 3 nitrogen and oxygen atoms in total. The first kappa shape index (κ1) is 9.83. The minimum absolute atomic E-state index is 0.0552. The molecule has 1 aliphatic heterocycles. The Morgan fingerprint density at radius 1 is 1.53 bits per heavy atom. The van der Waals surface area contributed by atoms with E-state index in [1.807, 2.05) is 11.8 Å². The molecule has 0 aromatic heterocycles. The van der Waals surface area contributed by atoms with Gasteiger partial charge in [0.15, 0.2) is 5.82 Å². The van der Waals surface area contributed by atoms with E-state index in [1.165, 1.54) is 6.07 Å². The third kappa shape index (κ3) is 1.75. The highest BCUT2D eigenvalue weighted by molar-refractivity contribution is 5.54. The summed E-state index contributed by atoms with van der Waals surface area (Å²) in [5, 5.41) is 12.2. The van der Waals surface area contributed by atoms with E-state index in [-0.39, 0.29) is 11.9 Å². The van der Waals surface area contributed by atoms with Gasteiger partial charge in [-0.1, -0.05) is 6.92 Å². The first-order chi connectivity index (χ1) is 7.22.